The summed E-state index contributed by atoms with van der Waals surface area (Å²) < 4.78 is 11.2. The molecular formula is C13H19NO2. The number of ether oxygens (including phenoxy) is 2. The van der Waals surface area contributed by atoms with Crippen molar-refractivity contribution in [3.8, 4) is 11.5 Å². The lowest BCUT2D eigenvalue weighted by molar-refractivity contribution is 0.203. The van der Waals surface area contributed by atoms with Gasteiger partial charge in [-0.1, -0.05) is 19.1 Å². The van der Waals surface area contributed by atoms with Crippen LogP contribution >= 0.6 is 0 Å². The lowest BCUT2D eigenvalue weighted by Crippen LogP contribution is -2.29. The maximum Gasteiger partial charge on any atom is 0.166 e. The van der Waals surface area contributed by atoms with Crippen molar-refractivity contribution in [2.24, 2.45) is 0 Å². The van der Waals surface area contributed by atoms with Crippen molar-refractivity contribution in [1.82, 2.24) is 5.32 Å². The Balaban J connectivity index is 2.27. The van der Waals surface area contributed by atoms with E-state index in [2.05, 4.69) is 25.2 Å². The summed E-state index contributed by atoms with van der Waals surface area (Å²) in [4.78, 5) is 0. The summed E-state index contributed by atoms with van der Waals surface area (Å²) in [7, 11) is 1.68. The average molecular weight is 221 g/mol. The molecule has 16 heavy (non-hydrogen) atoms. The molecule has 0 aliphatic carbocycles. The highest BCUT2D eigenvalue weighted by Gasteiger charge is 2.32. The molecule has 1 heterocycles. The predicted octanol–water partition coefficient (Wildman–Crippen LogP) is 2.52. The largest absolute Gasteiger partial charge is 0.493 e. The van der Waals surface area contributed by atoms with Crippen molar-refractivity contribution < 1.29 is 9.47 Å². The van der Waals surface area contributed by atoms with Gasteiger partial charge in [-0.25, -0.2) is 0 Å². The summed E-state index contributed by atoms with van der Waals surface area (Å²) in [6.07, 6.45) is 1.29. The maximum atomic E-state index is 5.85. The van der Waals surface area contributed by atoms with E-state index < -0.39 is 0 Å². The van der Waals surface area contributed by atoms with Gasteiger partial charge in [-0.15, -0.1) is 0 Å². The number of hydrogen-bond acceptors (Lipinski definition) is 3. The summed E-state index contributed by atoms with van der Waals surface area (Å²) in [5.41, 5.74) is 1.21. The molecule has 1 N–H and O–H groups in total. The van der Waals surface area contributed by atoms with E-state index in [0.29, 0.717) is 0 Å². The molecule has 88 valence electrons. The summed E-state index contributed by atoms with van der Waals surface area (Å²) >= 11 is 0. The van der Waals surface area contributed by atoms with Crippen molar-refractivity contribution in [1.29, 1.82) is 0 Å². The average Bonchev–Trinajstić information content (AvgIpc) is 2.62. The third kappa shape index (κ3) is 1.87. The van der Waals surface area contributed by atoms with E-state index in [1.165, 1.54) is 5.56 Å². The Morgan fingerprint density at radius 2 is 2.25 bits per heavy atom. The molecule has 2 rings (SSSR count). The van der Waals surface area contributed by atoms with Crippen molar-refractivity contribution in [3.63, 3.8) is 0 Å². The zero-order valence-corrected chi connectivity index (χ0v) is 10.1. The van der Waals surface area contributed by atoms with E-state index >= 15 is 0 Å². The van der Waals surface area contributed by atoms with Crippen LogP contribution < -0.4 is 14.8 Å². The maximum absolute atomic E-state index is 5.85. The Labute approximate surface area is 96.8 Å². The molecule has 1 aliphatic heterocycles. The van der Waals surface area contributed by atoms with E-state index in [1.54, 1.807) is 7.11 Å². The normalized spacial score (nSPS) is 22.7. The molecule has 1 aromatic rings. The molecule has 1 aliphatic rings. The van der Waals surface area contributed by atoms with Gasteiger partial charge in [0.05, 0.1) is 13.2 Å². The van der Waals surface area contributed by atoms with Gasteiger partial charge in [0.15, 0.2) is 11.5 Å². The second kappa shape index (κ2) is 4.74. The van der Waals surface area contributed by atoms with Gasteiger partial charge in [-0.05, 0) is 26.0 Å². The third-order valence-electron chi connectivity index (χ3n) is 2.95. The predicted molar refractivity (Wildman–Crippen MR) is 64.1 cm³/mol. The first-order valence-corrected chi connectivity index (χ1v) is 5.84. The van der Waals surface area contributed by atoms with Crippen LogP contribution in [0.1, 0.15) is 31.9 Å². The standard InChI is InChI=1S/C13H19NO2/c1-4-8-14-12-9(2)16-13-10(12)6-5-7-11(13)15-3/h5-7,9,12,14H,4,8H2,1-3H3. The van der Waals surface area contributed by atoms with Gasteiger partial charge in [-0.3, -0.25) is 0 Å². The molecule has 2 unspecified atom stereocenters. The van der Waals surface area contributed by atoms with Gasteiger partial charge in [0.25, 0.3) is 0 Å². The number of nitrogens with one attached hydrogen (secondary N) is 1. The van der Waals surface area contributed by atoms with Gasteiger partial charge >= 0.3 is 0 Å². The zero-order chi connectivity index (χ0) is 11.5. The molecular weight excluding hydrogens is 202 g/mol. The summed E-state index contributed by atoms with van der Waals surface area (Å²) in [5, 5.41) is 3.51. The van der Waals surface area contributed by atoms with Crippen LogP contribution in [-0.2, 0) is 0 Å². The number of rotatable bonds is 4. The fourth-order valence-electron chi connectivity index (χ4n) is 2.15. The van der Waals surface area contributed by atoms with Gasteiger partial charge in [0.2, 0.25) is 0 Å². The van der Waals surface area contributed by atoms with Crippen LogP contribution in [0.15, 0.2) is 18.2 Å². The molecule has 0 saturated carbocycles. The van der Waals surface area contributed by atoms with Crippen LogP contribution in [0.5, 0.6) is 11.5 Å². The fraction of sp³-hybridized carbons (Fsp3) is 0.538. The highest BCUT2D eigenvalue weighted by molar-refractivity contribution is 5.51. The Bertz CT molecular complexity index is 365. The minimum Gasteiger partial charge on any atom is -0.493 e. The number of benzene rings is 1. The van der Waals surface area contributed by atoms with Crippen LogP contribution in [0.3, 0.4) is 0 Å². The lowest BCUT2D eigenvalue weighted by atomic mass is 10.0. The molecule has 0 saturated heterocycles. The van der Waals surface area contributed by atoms with Crippen molar-refractivity contribution in [3.05, 3.63) is 23.8 Å². The van der Waals surface area contributed by atoms with Crippen LogP contribution in [0.2, 0.25) is 0 Å². The first-order chi connectivity index (χ1) is 7.77. The van der Waals surface area contributed by atoms with Gasteiger partial charge < -0.3 is 14.8 Å². The molecule has 3 nitrogen and oxygen atoms in total. The highest BCUT2D eigenvalue weighted by atomic mass is 16.5. The molecule has 0 fully saturated rings. The molecule has 3 heteroatoms. The van der Waals surface area contributed by atoms with E-state index in [9.17, 15) is 0 Å². The topological polar surface area (TPSA) is 30.5 Å². The number of fused-ring (bicyclic) bond motifs is 1. The lowest BCUT2D eigenvalue weighted by Gasteiger charge is -2.15. The van der Waals surface area contributed by atoms with Crippen LogP contribution in [-0.4, -0.2) is 19.8 Å². The zero-order valence-electron chi connectivity index (χ0n) is 10.1. The Morgan fingerprint density at radius 3 is 2.94 bits per heavy atom. The fourth-order valence-corrected chi connectivity index (χ4v) is 2.15. The SMILES string of the molecule is CCCNC1c2cccc(OC)c2OC1C. The van der Waals surface area contributed by atoms with E-state index in [-0.39, 0.29) is 12.1 Å². The second-order valence-corrected chi connectivity index (χ2v) is 4.13. The molecule has 0 bridgehead atoms. The first kappa shape index (κ1) is 11.3. The van der Waals surface area contributed by atoms with Gasteiger partial charge in [0.1, 0.15) is 6.10 Å². The highest BCUT2D eigenvalue weighted by Crippen LogP contribution is 2.42. The molecule has 0 aromatic heterocycles. The molecule has 0 spiro atoms. The quantitative estimate of drug-likeness (QED) is 0.847. The Morgan fingerprint density at radius 1 is 1.44 bits per heavy atom. The smallest absolute Gasteiger partial charge is 0.166 e. The molecule has 1 aromatic carbocycles. The monoisotopic (exact) mass is 221 g/mol. The number of methoxy groups -OCH3 is 1. The van der Waals surface area contributed by atoms with Crippen LogP contribution in [0.4, 0.5) is 0 Å². The summed E-state index contributed by atoms with van der Waals surface area (Å²) in [6.45, 7) is 5.27. The van der Waals surface area contributed by atoms with E-state index in [0.717, 1.165) is 24.5 Å². The van der Waals surface area contributed by atoms with E-state index in [4.69, 9.17) is 9.47 Å². The molecule has 0 radical (unpaired) electrons. The summed E-state index contributed by atoms with van der Waals surface area (Å²) in [6, 6.07) is 6.34. The van der Waals surface area contributed by atoms with Crippen molar-refractivity contribution in [2.75, 3.05) is 13.7 Å². The van der Waals surface area contributed by atoms with E-state index in [1.807, 2.05) is 12.1 Å². The minimum absolute atomic E-state index is 0.165. The summed E-state index contributed by atoms with van der Waals surface area (Å²) in [5.74, 6) is 1.72. The number of para-hydroxylation sites is 1. The van der Waals surface area contributed by atoms with Crippen LogP contribution in [0.25, 0.3) is 0 Å². The van der Waals surface area contributed by atoms with Gasteiger partial charge in [0, 0.05) is 5.56 Å². The second-order valence-electron chi connectivity index (χ2n) is 4.13. The molecule has 2 atom stereocenters. The third-order valence-corrected chi connectivity index (χ3v) is 2.95. The van der Waals surface area contributed by atoms with Crippen molar-refractivity contribution >= 4 is 0 Å². The first-order valence-electron chi connectivity index (χ1n) is 5.84. The Hall–Kier alpha value is -1.22. The Kier molecular flexibility index (Phi) is 3.34. The molecule has 0 amide bonds. The van der Waals surface area contributed by atoms with Crippen molar-refractivity contribution in [2.45, 2.75) is 32.4 Å². The van der Waals surface area contributed by atoms with Gasteiger partial charge in [-0.2, -0.15) is 0 Å². The minimum atomic E-state index is 0.165. The number of hydrogen-bond donors (Lipinski definition) is 1. The van der Waals surface area contributed by atoms with Crippen LogP contribution in [0, 0.1) is 0 Å².